The quantitative estimate of drug-likeness (QED) is 0.434. The summed E-state index contributed by atoms with van der Waals surface area (Å²) >= 11 is 0. The first-order chi connectivity index (χ1) is 17.7. The van der Waals surface area contributed by atoms with Gasteiger partial charge in [0.15, 0.2) is 5.76 Å². The maximum absolute atomic E-state index is 14.1. The molecular weight excluding hydrogens is 474 g/mol. The van der Waals surface area contributed by atoms with Crippen LogP contribution >= 0.6 is 0 Å². The number of hydrogen-bond donors (Lipinski definition) is 1. The highest BCUT2D eigenvalue weighted by atomic mass is 16.3. The van der Waals surface area contributed by atoms with Crippen LogP contribution in [-0.2, 0) is 4.79 Å². The average molecular weight is 520 g/mol. The van der Waals surface area contributed by atoms with Crippen molar-refractivity contribution in [3.05, 3.63) is 36.6 Å². The normalized spacial score (nSPS) is 47.3. The first kappa shape index (κ1) is 26.0. The Balaban J connectivity index is 1.44. The Bertz CT molecular complexity index is 1230. The molecule has 6 rings (SSSR count). The molecule has 6 heteroatoms. The van der Waals surface area contributed by atoms with E-state index >= 15 is 0 Å². The maximum atomic E-state index is 14.1. The van der Waals surface area contributed by atoms with Gasteiger partial charge in [0.25, 0.3) is 5.91 Å². The summed E-state index contributed by atoms with van der Waals surface area (Å²) in [6.45, 7) is 18.0. The summed E-state index contributed by atoms with van der Waals surface area (Å²) in [6, 6.07) is 0. The average Bonchev–Trinajstić information content (AvgIpc) is 3.52. The van der Waals surface area contributed by atoms with E-state index in [1.807, 2.05) is 19.9 Å². The Morgan fingerprint density at radius 2 is 1.74 bits per heavy atom. The Hall–Kier alpha value is -2.24. The standard InChI is InChI=1S/C32H45N3O3/c1-19(2)20-10-13-32(27(38)35-18-33-17-34-35)15-14-30(6)21(25(20)32)8-9-24-29(5)16-22(36)26(37)28(3,4)23(29)11-12-31(24,30)7/h16-18,20-21,23-25,36H,1,8-15H2,2-7H3/t20-,21+,23-,24+,25+,29-,30+,31+,32-/m0/s1. The van der Waals surface area contributed by atoms with Crippen LogP contribution in [-0.4, -0.2) is 31.6 Å². The fourth-order valence-corrected chi connectivity index (χ4v) is 11.5. The first-order valence-electron chi connectivity index (χ1n) is 14.8. The van der Waals surface area contributed by atoms with Gasteiger partial charge in [0.1, 0.15) is 12.7 Å². The Morgan fingerprint density at radius 1 is 1.00 bits per heavy atom. The van der Waals surface area contributed by atoms with E-state index in [9.17, 15) is 14.7 Å². The number of carbonyl (C=O) groups is 2. The number of allylic oxidation sites excluding steroid dienone is 3. The van der Waals surface area contributed by atoms with Gasteiger partial charge in [0.05, 0.1) is 5.41 Å². The summed E-state index contributed by atoms with van der Waals surface area (Å²) in [6.07, 6.45) is 13.0. The van der Waals surface area contributed by atoms with Crippen LogP contribution in [0.15, 0.2) is 36.6 Å². The molecule has 0 unspecified atom stereocenters. The predicted molar refractivity (Wildman–Crippen MR) is 146 cm³/mol. The number of nitrogens with zero attached hydrogens (tertiary/aromatic N) is 3. The summed E-state index contributed by atoms with van der Waals surface area (Å²) in [5.74, 6) is 1.61. The molecule has 206 valence electrons. The number of rotatable bonds is 2. The van der Waals surface area contributed by atoms with Gasteiger partial charge >= 0.3 is 0 Å². The molecule has 1 aromatic heterocycles. The lowest BCUT2D eigenvalue weighted by atomic mass is 9.33. The van der Waals surface area contributed by atoms with Crippen molar-refractivity contribution >= 4 is 11.7 Å². The summed E-state index contributed by atoms with van der Waals surface area (Å²) < 4.78 is 1.49. The highest BCUT2D eigenvalue weighted by Crippen LogP contribution is 2.77. The van der Waals surface area contributed by atoms with Crippen LogP contribution in [0, 0.1) is 56.7 Å². The molecule has 6 nitrogen and oxygen atoms in total. The number of aromatic nitrogens is 3. The van der Waals surface area contributed by atoms with Crippen LogP contribution < -0.4 is 0 Å². The van der Waals surface area contributed by atoms with Crippen molar-refractivity contribution in [2.24, 2.45) is 56.7 Å². The van der Waals surface area contributed by atoms with Gasteiger partial charge in [-0.1, -0.05) is 46.8 Å². The van der Waals surface area contributed by atoms with Gasteiger partial charge in [-0.15, -0.1) is 0 Å². The summed E-state index contributed by atoms with van der Waals surface area (Å²) in [4.78, 5) is 31.2. The molecule has 0 saturated heterocycles. The third-order valence-corrected chi connectivity index (χ3v) is 13.4. The first-order valence-corrected chi connectivity index (χ1v) is 14.8. The second-order valence-corrected chi connectivity index (χ2v) is 14.9. The van der Waals surface area contributed by atoms with Crippen LogP contribution in [0.4, 0.5) is 0 Å². The van der Waals surface area contributed by atoms with Crippen molar-refractivity contribution in [3.63, 3.8) is 0 Å². The molecule has 5 aliphatic rings. The van der Waals surface area contributed by atoms with Crippen molar-refractivity contribution < 1.29 is 14.7 Å². The van der Waals surface area contributed by atoms with Gasteiger partial charge in [0, 0.05) is 5.41 Å². The van der Waals surface area contributed by atoms with Crippen molar-refractivity contribution in [2.75, 3.05) is 0 Å². The van der Waals surface area contributed by atoms with Crippen LogP contribution in [0.25, 0.3) is 0 Å². The molecule has 4 fully saturated rings. The molecule has 0 radical (unpaired) electrons. The third-order valence-electron chi connectivity index (χ3n) is 13.4. The molecule has 1 aromatic rings. The Kier molecular flexibility index (Phi) is 5.42. The number of hydrogen-bond acceptors (Lipinski definition) is 5. The Morgan fingerprint density at radius 3 is 2.39 bits per heavy atom. The lowest BCUT2D eigenvalue weighted by Gasteiger charge is -2.71. The fourth-order valence-electron chi connectivity index (χ4n) is 11.5. The van der Waals surface area contributed by atoms with Gasteiger partial charge in [-0.3, -0.25) is 9.59 Å². The second-order valence-electron chi connectivity index (χ2n) is 14.9. The zero-order valence-corrected chi connectivity index (χ0v) is 24.1. The van der Waals surface area contributed by atoms with E-state index in [2.05, 4.69) is 44.4 Å². The van der Waals surface area contributed by atoms with E-state index in [0.717, 1.165) is 51.4 Å². The molecular formula is C32H45N3O3. The van der Waals surface area contributed by atoms with E-state index in [1.165, 1.54) is 16.6 Å². The minimum atomic E-state index is -0.560. The van der Waals surface area contributed by atoms with E-state index in [-0.39, 0.29) is 45.5 Å². The van der Waals surface area contributed by atoms with E-state index in [1.54, 1.807) is 6.33 Å². The molecule has 0 spiro atoms. The number of aliphatic hydroxyl groups is 1. The number of aliphatic hydroxyl groups excluding tert-OH is 1. The van der Waals surface area contributed by atoms with E-state index in [4.69, 9.17) is 0 Å². The van der Waals surface area contributed by atoms with Crippen molar-refractivity contribution in [3.8, 4) is 0 Å². The van der Waals surface area contributed by atoms with E-state index < -0.39 is 10.8 Å². The predicted octanol–water partition coefficient (Wildman–Crippen LogP) is 6.81. The third kappa shape index (κ3) is 2.95. The lowest BCUT2D eigenvalue weighted by molar-refractivity contribution is -0.215. The molecule has 1 heterocycles. The topological polar surface area (TPSA) is 85.1 Å². The maximum Gasteiger partial charge on any atom is 0.254 e. The van der Waals surface area contributed by atoms with Crippen LogP contribution in [0.3, 0.4) is 0 Å². The number of Topliss-reactive ketones (excluding diaryl/α,β-unsaturated/α-hetero) is 1. The van der Waals surface area contributed by atoms with Crippen molar-refractivity contribution in [1.29, 1.82) is 0 Å². The largest absolute Gasteiger partial charge is 0.505 e. The zero-order valence-electron chi connectivity index (χ0n) is 24.1. The van der Waals surface area contributed by atoms with Gasteiger partial charge in [0.2, 0.25) is 5.78 Å². The molecule has 4 saturated carbocycles. The monoisotopic (exact) mass is 519 g/mol. The van der Waals surface area contributed by atoms with Gasteiger partial charge in [-0.25, -0.2) is 4.98 Å². The van der Waals surface area contributed by atoms with Crippen LogP contribution in [0.2, 0.25) is 0 Å². The second kappa shape index (κ2) is 7.91. The molecule has 0 amide bonds. The molecule has 1 N–H and O–H groups in total. The van der Waals surface area contributed by atoms with Crippen LogP contribution in [0.5, 0.6) is 0 Å². The molecule has 0 aliphatic heterocycles. The zero-order chi connectivity index (χ0) is 27.5. The van der Waals surface area contributed by atoms with Crippen molar-refractivity contribution in [2.45, 2.75) is 92.9 Å². The highest BCUT2D eigenvalue weighted by Gasteiger charge is 2.72. The SMILES string of the molecule is C=C(C)[C@@H]1CC[C@]2(C(=O)n3cncn3)CC[C@]3(C)[C@H](CC[C@@H]4[C@@]5(C)C=C(O)C(=O)C(C)(C)[C@@H]5CC[C@]43C)[C@@H]12. The minimum Gasteiger partial charge on any atom is -0.505 e. The minimum absolute atomic E-state index is 0.0375. The molecule has 9 atom stereocenters. The number of fused-ring (bicyclic) bond motifs is 7. The van der Waals surface area contributed by atoms with Gasteiger partial charge in [-0.2, -0.15) is 9.78 Å². The van der Waals surface area contributed by atoms with Gasteiger partial charge in [-0.05, 0) is 110 Å². The number of ketones is 1. The molecule has 38 heavy (non-hydrogen) atoms. The summed E-state index contributed by atoms with van der Waals surface area (Å²) in [7, 11) is 0. The van der Waals surface area contributed by atoms with Crippen LogP contribution in [0.1, 0.15) is 97.7 Å². The summed E-state index contributed by atoms with van der Waals surface area (Å²) in [5.41, 5.74) is 0.123. The number of carbonyl (C=O) groups excluding carboxylic acids is 2. The Labute approximate surface area is 227 Å². The molecule has 5 aliphatic carbocycles. The van der Waals surface area contributed by atoms with E-state index in [0.29, 0.717) is 17.8 Å². The fraction of sp³-hybridized carbons (Fsp3) is 0.750. The lowest BCUT2D eigenvalue weighted by Crippen LogP contribution is -2.66. The van der Waals surface area contributed by atoms with Crippen molar-refractivity contribution in [1.82, 2.24) is 14.8 Å². The van der Waals surface area contributed by atoms with Gasteiger partial charge < -0.3 is 5.11 Å². The molecule has 0 aromatic carbocycles. The smallest absolute Gasteiger partial charge is 0.254 e. The molecule has 0 bridgehead atoms. The highest BCUT2D eigenvalue weighted by molar-refractivity contribution is 5.98. The summed E-state index contributed by atoms with van der Waals surface area (Å²) in [5, 5.41) is 15.1.